The molecule has 0 amide bonds. The van der Waals surface area contributed by atoms with Crippen LogP contribution in [0, 0.1) is 0 Å². The van der Waals surface area contributed by atoms with Crippen LogP contribution < -0.4 is 9.47 Å². The third kappa shape index (κ3) is 2.55. The first-order valence-corrected chi connectivity index (χ1v) is 7.16. The Morgan fingerprint density at radius 1 is 1.09 bits per heavy atom. The number of para-hydroxylation sites is 1. The lowest BCUT2D eigenvalue weighted by Gasteiger charge is -2.10. The number of aliphatic hydroxyl groups is 1. The number of carbonyl (C=O) groups excluding carboxylic acids is 1. The Hall–Kier alpha value is -2.79. The molecule has 0 saturated carbocycles. The highest BCUT2D eigenvalue weighted by Gasteiger charge is 2.16. The van der Waals surface area contributed by atoms with Crippen molar-refractivity contribution in [3.8, 4) is 11.5 Å². The van der Waals surface area contributed by atoms with Crippen LogP contribution in [-0.4, -0.2) is 29.8 Å². The fraction of sp³-hybridized carbons (Fsp3) is 0.167. The van der Waals surface area contributed by atoms with Crippen LogP contribution in [-0.2, 0) is 6.61 Å². The molecule has 1 heterocycles. The fourth-order valence-electron chi connectivity index (χ4n) is 2.65. The lowest BCUT2D eigenvalue weighted by atomic mass is 10.1. The number of carbonyl (C=O) groups is 1. The summed E-state index contributed by atoms with van der Waals surface area (Å²) in [5.74, 6) is 0.872. The van der Waals surface area contributed by atoms with Gasteiger partial charge in [-0.2, -0.15) is 0 Å². The molecular weight excluding hydrogens is 294 g/mol. The van der Waals surface area contributed by atoms with E-state index in [4.69, 9.17) is 9.47 Å². The quantitative estimate of drug-likeness (QED) is 0.805. The van der Waals surface area contributed by atoms with E-state index in [2.05, 4.69) is 0 Å². The van der Waals surface area contributed by atoms with E-state index in [1.165, 1.54) is 7.11 Å². The molecule has 118 valence electrons. The predicted molar refractivity (Wildman–Crippen MR) is 87.1 cm³/mol. The summed E-state index contributed by atoms with van der Waals surface area (Å²) >= 11 is 0. The van der Waals surface area contributed by atoms with E-state index in [0.29, 0.717) is 17.1 Å². The van der Waals surface area contributed by atoms with Crippen molar-refractivity contribution >= 4 is 16.8 Å². The molecule has 3 rings (SSSR count). The first-order chi connectivity index (χ1) is 11.2. The van der Waals surface area contributed by atoms with E-state index in [-0.39, 0.29) is 12.5 Å². The number of aliphatic hydroxyl groups excluding tert-OH is 1. The third-order valence-corrected chi connectivity index (χ3v) is 3.81. The number of aromatic nitrogens is 1. The van der Waals surface area contributed by atoms with Crippen LogP contribution in [0.25, 0.3) is 10.9 Å². The average molecular weight is 311 g/mol. The Bertz CT molecular complexity index is 867. The Balaban J connectivity index is 2.11. The molecule has 1 N–H and O–H groups in total. The summed E-state index contributed by atoms with van der Waals surface area (Å²) < 4.78 is 12.0. The van der Waals surface area contributed by atoms with Gasteiger partial charge >= 0.3 is 0 Å². The van der Waals surface area contributed by atoms with Crippen molar-refractivity contribution < 1.29 is 19.4 Å². The molecular formula is C18H17NO4. The normalized spacial score (nSPS) is 10.7. The molecule has 0 bridgehead atoms. The van der Waals surface area contributed by atoms with E-state index >= 15 is 0 Å². The molecule has 0 aliphatic heterocycles. The Morgan fingerprint density at radius 3 is 2.52 bits per heavy atom. The summed E-state index contributed by atoms with van der Waals surface area (Å²) in [5.41, 5.74) is 1.96. The van der Waals surface area contributed by atoms with Gasteiger partial charge in [-0.3, -0.25) is 9.36 Å². The van der Waals surface area contributed by atoms with Crippen LogP contribution in [0.3, 0.4) is 0 Å². The molecule has 3 aromatic rings. The van der Waals surface area contributed by atoms with E-state index in [0.717, 1.165) is 16.5 Å². The molecule has 0 atom stereocenters. The summed E-state index contributed by atoms with van der Waals surface area (Å²) in [6.45, 7) is -0.118. The number of hydrogen-bond donors (Lipinski definition) is 1. The molecule has 5 nitrogen and oxygen atoms in total. The lowest BCUT2D eigenvalue weighted by molar-refractivity contribution is 0.0964. The second kappa shape index (κ2) is 6.14. The van der Waals surface area contributed by atoms with Crippen LogP contribution in [0.5, 0.6) is 11.5 Å². The second-order valence-electron chi connectivity index (χ2n) is 5.07. The topological polar surface area (TPSA) is 60.7 Å². The largest absolute Gasteiger partial charge is 0.493 e. The SMILES string of the molecule is COc1ccc(C(=O)n2cc(CO)c3ccccc32)cc1OC. The van der Waals surface area contributed by atoms with Gasteiger partial charge in [0.05, 0.1) is 26.3 Å². The summed E-state index contributed by atoms with van der Waals surface area (Å²) in [6, 6.07) is 12.5. The number of benzene rings is 2. The lowest BCUT2D eigenvalue weighted by Crippen LogP contribution is -2.11. The summed E-state index contributed by atoms with van der Waals surface area (Å²) in [5, 5.41) is 10.4. The van der Waals surface area contributed by atoms with Gasteiger partial charge in [-0.1, -0.05) is 18.2 Å². The van der Waals surface area contributed by atoms with Gasteiger partial charge in [0.2, 0.25) is 0 Å². The van der Waals surface area contributed by atoms with Gasteiger partial charge in [0.25, 0.3) is 5.91 Å². The number of rotatable bonds is 4. The van der Waals surface area contributed by atoms with Crippen LogP contribution in [0.4, 0.5) is 0 Å². The van der Waals surface area contributed by atoms with Crippen molar-refractivity contribution in [2.24, 2.45) is 0 Å². The maximum Gasteiger partial charge on any atom is 0.262 e. The number of nitrogens with zero attached hydrogens (tertiary/aromatic N) is 1. The molecule has 0 saturated heterocycles. The minimum Gasteiger partial charge on any atom is -0.493 e. The van der Waals surface area contributed by atoms with Gasteiger partial charge in [-0.15, -0.1) is 0 Å². The third-order valence-electron chi connectivity index (χ3n) is 3.81. The average Bonchev–Trinajstić information content (AvgIpc) is 2.99. The number of hydrogen-bond acceptors (Lipinski definition) is 4. The maximum absolute atomic E-state index is 12.8. The van der Waals surface area contributed by atoms with Gasteiger partial charge in [0.15, 0.2) is 11.5 Å². The first kappa shape index (κ1) is 15.1. The standard InChI is InChI=1S/C18H17NO4/c1-22-16-8-7-12(9-17(16)23-2)18(21)19-10-13(11-20)14-5-3-4-6-15(14)19/h3-10,20H,11H2,1-2H3. The van der Waals surface area contributed by atoms with Crippen molar-refractivity contribution in [3.63, 3.8) is 0 Å². The molecule has 2 aromatic carbocycles. The summed E-state index contributed by atoms with van der Waals surface area (Å²) in [7, 11) is 3.08. The minimum absolute atomic E-state index is 0.118. The van der Waals surface area contributed by atoms with E-state index in [1.807, 2.05) is 24.3 Å². The highest BCUT2D eigenvalue weighted by molar-refractivity contribution is 6.03. The summed E-state index contributed by atoms with van der Waals surface area (Å²) in [6.07, 6.45) is 1.67. The molecule has 0 aliphatic carbocycles. The van der Waals surface area contributed by atoms with Crippen molar-refractivity contribution in [2.75, 3.05) is 14.2 Å². The number of fused-ring (bicyclic) bond motifs is 1. The van der Waals surface area contributed by atoms with Gasteiger partial charge in [0.1, 0.15) is 0 Å². The highest BCUT2D eigenvalue weighted by atomic mass is 16.5. The van der Waals surface area contributed by atoms with Crippen molar-refractivity contribution in [2.45, 2.75) is 6.61 Å². The molecule has 0 aliphatic rings. The van der Waals surface area contributed by atoms with Crippen molar-refractivity contribution in [1.29, 1.82) is 0 Å². The molecule has 5 heteroatoms. The van der Waals surface area contributed by atoms with Gasteiger partial charge in [0, 0.05) is 22.7 Å². The molecule has 0 unspecified atom stereocenters. The zero-order valence-corrected chi connectivity index (χ0v) is 12.9. The minimum atomic E-state index is -0.193. The van der Waals surface area contributed by atoms with Crippen LogP contribution >= 0.6 is 0 Å². The molecule has 0 spiro atoms. The molecule has 0 radical (unpaired) electrons. The Morgan fingerprint density at radius 2 is 1.83 bits per heavy atom. The predicted octanol–water partition coefficient (Wildman–Crippen LogP) is 2.84. The Kier molecular flexibility index (Phi) is 4.04. The monoisotopic (exact) mass is 311 g/mol. The smallest absolute Gasteiger partial charge is 0.262 e. The van der Waals surface area contributed by atoms with Crippen LogP contribution in [0.1, 0.15) is 15.9 Å². The first-order valence-electron chi connectivity index (χ1n) is 7.16. The van der Waals surface area contributed by atoms with Crippen LogP contribution in [0.2, 0.25) is 0 Å². The van der Waals surface area contributed by atoms with Gasteiger partial charge < -0.3 is 14.6 Å². The summed E-state index contributed by atoms with van der Waals surface area (Å²) in [4.78, 5) is 12.8. The molecule has 1 aromatic heterocycles. The van der Waals surface area contributed by atoms with Crippen LogP contribution in [0.15, 0.2) is 48.7 Å². The highest BCUT2D eigenvalue weighted by Crippen LogP contribution is 2.29. The maximum atomic E-state index is 12.8. The molecule has 23 heavy (non-hydrogen) atoms. The van der Waals surface area contributed by atoms with Gasteiger partial charge in [-0.05, 0) is 24.3 Å². The van der Waals surface area contributed by atoms with E-state index in [9.17, 15) is 9.90 Å². The number of ether oxygens (including phenoxy) is 2. The molecule has 0 fully saturated rings. The van der Waals surface area contributed by atoms with Gasteiger partial charge in [-0.25, -0.2) is 0 Å². The van der Waals surface area contributed by atoms with E-state index < -0.39 is 0 Å². The zero-order chi connectivity index (χ0) is 16.4. The van der Waals surface area contributed by atoms with Crippen molar-refractivity contribution in [3.05, 3.63) is 59.8 Å². The number of methoxy groups -OCH3 is 2. The second-order valence-corrected chi connectivity index (χ2v) is 5.07. The zero-order valence-electron chi connectivity index (χ0n) is 12.9. The fourth-order valence-corrected chi connectivity index (χ4v) is 2.65. The van der Waals surface area contributed by atoms with E-state index in [1.54, 1.807) is 36.1 Å². The Labute approximate surface area is 133 Å². The van der Waals surface area contributed by atoms with Crippen molar-refractivity contribution in [1.82, 2.24) is 4.57 Å².